The lowest BCUT2D eigenvalue weighted by molar-refractivity contribution is 0.589. The molecule has 0 fully saturated rings. The Balaban J connectivity index is 2.21. The highest BCUT2D eigenvalue weighted by atomic mass is 35.5. The van der Waals surface area contributed by atoms with Crippen LogP contribution < -0.4 is 10.2 Å². The number of hydrogen-bond donors (Lipinski definition) is 1. The van der Waals surface area contributed by atoms with E-state index in [1.165, 1.54) is 0 Å². The van der Waals surface area contributed by atoms with Crippen LogP contribution >= 0.6 is 11.6 Å². The Labute approximate surface area is 123 Å². The Morgan fingerprint density at radius 2 is 2.15 bits per heavy atom. The Kier molecular flexibility index (Phi) is 4.93. The summed E-state index contributed by atoms with van der Waals surface area (Å²) in [5, 5.41) is 3.62. The molecule has 0 aliphatic carbocycles. The van der Waals surface area contributed by atoms with Crippen LogP contribution in [0.4, 0.5) is 10.2 Å². The number of hydrogen-bond acceptors (Lipinski definition) is 3. The van der Waals surface area contributed by atoms with E-state index < -0.39 is 0 Å². The van der Waals surface area contributed by atoms with Crippen molar-refractivity contribution in [1.29, 1.82) is 0 Å². The van der Waals surface area contributed by atoms with Gasteiger partial charge in [0.25, 0.3) is 0 Å². The van der Waals surface area contributed by atoms with Gasteiger partial charge in [0.2, 0.25) is 0 Å². The van der Waals surface area contributed by atoms with Gasteiger partial charge >= 0.3 is 0 Å². The number of benzene rings is 1. The van der Waals surface area contributed by atoms with Crippen LogP contribution in [0.2, 0.25) is 5.02 Å². The number of nitrogens with one attached hydrogen (secondary N) is 1. The molecule has 1 aromatic carbocycles. The topological polar surface area (TPSA) is 28.2 Å². The normalized spacial score (nSPS) is 10.6. The standard InChI is InChI=1S/C15H17ClFN3/c1-18-9-12-6-7-19-15(14(12)17)20(2)10-11-4-3-5-13(16)8-11/h3-8,18H,9-10H2,1-2H3. The van der Waals surface area contributed by atoms with E-state index in [0.29, 0.717) is 29.5 Å². The molecule has 0 unspecified atom stereocenters. The van der Waals surface area contributed by atoms with Gasteiger partial charge in [-0.25, -0.2) is 9.37 Å². The first-order chi connectivity index (χ1) is 9.61. The summed E-state index contributed by atoms with van der Waals surface area (Å²) in [5.74, 6) is 0.0594. The number of nitrogens with zero attached hydrogens (tertiary/aromatic N) is 2. The van der Waals surface area contributed by atoms with Gasteiger partial charge in [-0.15, -0.1) is 0 Å². The number of halogens is 2. The first kappa shape index (κ1) is 14.8. The van der Waals surface area contributed by atoms with Gasteiger partial charge in [0, 0.05) is 36.9 Å². The van der Waals surface area contributed by atoms with Crippen molar-refractivity contribution in [3.63, 3.8) is 0 Å². The maximum atomic E-state index is 14.3. The predicted octanol–water partition coefficient (Wildman–Crippen LogP) is 3.23. The highest BCUT2D eigenvalue weighted by Gasteiger charge is 2.13. The van der Waals surface area contributed by atoms with Gasteiger partial charge in [-0.05, 0) is 30.8 Å². The molecule has 1 N–H and O–H groups in total. The summed E-state index contributed by atoms with van der Waals surface area (Å²) < 4.78 is 14.3. The van der Waals surface area contributed by atoms with E-state index in [4.69, 9.17) is 11.6 Å². The van der Waals surface area contributed by atoms with Crippen LogP contribution in [-0.4, -0.2) is 19.1 Å². The van der Waals surface area contributed by atoms with Crippen LogP contribution in [0, 0.1) is 5.82 Å². The predicted molar refractivity (Wildman–Crippen MR) is 80.5 cm³/mol. The molecule has 0 saturated heterocycles. The summed E-state index contributed by atoms with van der Waals surface area (Å²) in [5.41, 5.74) is 1.62. The van der Waals surface area contributed by atoms with Crippen LogP contribution in [0.15, 0.2) is 36.5 Å². The molecule has 0 amide bonds. The lowest BCUT2D eigenvalue weighted by Gasteiger charge is -2.20. The lowest BCUT2D eigenvalue weighted by Crippen LogP contribution is -2.20. The van der Waals surface area contributed by atoms with E-state index in [0.717, 1.165) is 5.56 Å². The average molecular weight is 294 g/mol. The SMILES string of the molecule is CNCc1ccnc(N(C)Cc2cccc(Cl)c2)c1F. The van der Waals surface area contributed by atoms with Crippen LogP contribution in [0.3, 0.4) is 0 Å². The zero-order valence-corrected chi connectivity index (χ0v) is 12.3. The van der Waals surface area contributed by atoms with Crippen LogP contribution in [-0.2, 0) is 13.1 Å². The van der Waals surface area contributed by atoms with Crippen LogP contribution in [0.25, 0.3) is 0 Å². The second kappa shape index (κ2) is 6.68. The van der Waals surface area contributed by atoms with Crippen molar-refractivity contribution in [2.75, 3.05) is 19.0 Å². The summed E-state index contributed by atoms with van der Waals surface area (Å²) in [6, 6.07) is 9.21. The van der Waals surface area contributed by atoms with Gasteiger partial charge in [0.15, 0.2) is 11.6 Å². The maximum absolute atomic E-state index is 14.3. The molecule has 2 aromatic rings. The summed E-state index contributed by atoms with van der Waals surface area (Å²) in [7, 11) is 3.60. The fourth-order valence-electron chi connectivity index (χ4n) is 2.05. The van der Waals surface area contributed by atoms with Crippen molar-refractivity contribution < 1.29 is 4.39 Å². The van der Waals surface area contributed by atoms with E-state index in [1.807, 2.05) is 31.3 Å². The zero-order chi connectivity index (χ0) is 14.5. The van der Waals surface area contributed by atoms with Gasteiger partial charge in [-0.3, -0.25) is 0 Å². The molecule has 0 aliphatic heterocycles. The molecule has 0 atom stereocenters. The van der Waals surface area contributed by atoms with Crippen LogP contribution in [0.1, 0.15) is 11.1 Å². The molecule has 1 heterocycles. The van der Waals surface area contributed by atoms with E-state index in [2.05, 4.69) is 10.3 Å². The van der Waals surface area contributed by atoms with Crippen molar-refractivity contribution in [2.24, 2.45) is 0 Å². The fraction of sp³-hybridized carbons (Fsp3) is 0.267. The second-order valence-electron chi connectivity index (χ2n) is 4.62. The molecule has 3 nitrogen and oxygen atoms in total. The minimum Gasteiger partial charge on any atom is -0.353 e. The number of anilines is 1. The van der Waals surface area contributed by atoms with Crippen molar-refractivity contribution in [3.05, 3.63) is 58.5 Å². The van der Waals surface area contributed by atoms with Crippen molar-refractivity contribution in [1.82, 2.24) is 10.3 Å². The minimum atomic E-state index is -0.286. The molecular formula is C15H17ClFN3. The van der Waals surface area contributed by atoms with E-state index in [1.54, 1.807) is 24.2 Å². The second-order valence-corrected chi connectivity index (χ2v) is 5.06. The highest BCUT2D eigenvalue weighted by Crippen LogP contribution is 2.21. The van der Waals surface area contributed by atoms with E-state index in [-0.39, 0.29) is 5.82 Å². The van der Waals surface area contributed by atoms with Gasteiger partial charge in [0.1, 0.15) is 0 Å². The molecule has 0 aliphatic rings. The molecule has 0 bridgehead atoms. The maximum Gasteiger partial charge on any atom is 0.170 e. The van der Waals surface area contributed by atoms with Crippen LogP contribution in [0.5, 0.6) is 0 Å². The summed E-state index contributed by atoms with van der Waals surface area (Å²) >= 11 is 5.96. The molecule has 106 valence electrons. The number of rotatable bonds is 5. The molecular weight excluding hydrogens is 277 g/mol. The third-order valence-corrected chi connectivity index (χ3v) is 3.22. The highest BCUT2D eigenvalue weighted by molar-refractivity contribution is 6.30. The number of pyridine rings is 1. The molecule has 2 rings (SSSR count). The Morgan fingerprint density at radius 1 is 1.35 bits per heavy atom. The van der Waals surface area contributed by atoms with Crippen molar-refractivity contribution in [2.45, 2.75) is 13.1 Å². The first-order valence-electron chi connectivity index (χ1n) is 6.35. The average Bonchev–Trinajstić information content (AvgIpc) is 2.41. The lowest BCUT2D eigenvalue weighted by atomic mass is 10.2. The Hall–Kier alpha value is -1.65. The minimum absolute atomic E-state index is 0.286. The molecule has 20 heavy (non-hydrogen) atoms. The van der Waals surface area contributed by atoms with Gasteiger partial charge in [0.05, 0.1) is 0 Å². The van der Waals surface area contributed by atoms with E-state index in [9.17, 15) is 4.39 Å². The van der Waals surface area contributed by atoms with Crippen molar-refractivity contribution >= 4 is 17.4 Å². The fourth-order valence-corrected chi connectivity index (χ4v) is 2.26. The van der Waals surface area contributed by atoms with Gasteiger partial charge in [-0.1, -0.05) is 23.7 Å². The molecule has 5 heteroatoms. The molecule has 0 spiro atoms. The van der Waals surface area contributed by atoms with E-state index >= 15 is 0 Å². The number of aromatic nitrogens is 1. The van der Waals surface area contributed by atoms with Gasteiger partial charge in [-0.2, -0.15) is 0 Å². The van der Waals surface area contributed by atoms with Gasteiger partial charge < -0.3 is 10.2 Å². The summed E-state index contributed by atoms with van der Waals surface area (Å²) in [4.78, 5) is 5.91. The molecule has 0 radical (unpaired) electrons. The summed E-state index contributed by atoms with van der Waals surface area (Å²) in [6.45, 7) is 1.03. The zero-order valence-electron chi connectivity index (χ0n) is 11.5. The first-order valence-corrected chi connectivity index (χ1v) is 6.73. The largest absolute Gasteiger partial charge is 0.353 e. The quantitative estimate of drug-likeness (QED) is 0.917. The third kappa shape index (κ3) is 3.46. The Bertz CT molecular complexity index is 589. The monoisotopic (exact) mass is 293 g/mol. The Morgan fingerprint density at radius 3 is 2.85 bits per heavy atom. The van der Waals surface area contributed by atoms with Crippen molar-refractivity contribution in [3.8, 4) is 0 Å². The third-order valence-electron chi connectivity index (χ3n) is 2.99. The molecule has 1 aromatic heterocycles. The summed E-state index contributed by atoms with van der Waals surface area (Å²) in [6.07, 6.45) is 1.62. The molecule has 0 saturated carbocycles. The smallest absolute Gasteiger partial charge is 0.170 e.